The van der Waals surface area contributed by atoms with Crippen LogP contribution in [0.15, 0.2) is 29.2 Å². The summed E-state index contributed by atoms with van der Waals surface area (Å²) in [5.41, 5.74) is 0.741. The van der Waals surface area contributed by atoms with Crippen LogP contribution in [0, 0.1) is 0 Å². The topological polar surface area (TPSA) is 90.5 Å². The third kappa shape index (κ3) is 8.04. The summed E-state index contributed by atoms with van der Waals surface area (Å²) in [5, 5.41) is 7.73. The molecule has 4 amide bonds. The van der Waals surface area contributed by atoms with Crippen molar-refractivity contribution >= 4 is 35.3 Å². The smallest absolute Gasteiger partial charge is 0.321 e. The predicted octanol–water partition coefficient (Wildman–Crippen LogP) is 1.90. The highest BCUT2D eigenvalue weighted by Gasteiger charge is 2.14. The fourth-order valence-electron chi connectivity index (χ4n) is 2.01. The molecule has 0 saturated heterocycles. The molecule has 0 saturated carbocycles. The molecule has 0 heterocycles. The van der Waals surface area contributed by atoms with Crippen LogP contribution in [0.4, 0.5) is 10.5 Å². The zero-order valence-corrected chi connectivity index (χ0v) is 15.9. The summed E-state index contributed by atoms with van der Waals surface area (Å²) in [6.45, 7) is 3.79. The molecule has 0 spiro atoms. The van der Waals surface area contributed by atoms with E-state index in [0.29, 0.717) is 0 Å². The summed E-state index contributed by atoms with van der Waals surface area (Å²) in [5.74, 6) is -0.679. The zero-order chi connectivity index (χ0) is 18.8. The van der Waals surface area contributed by atoms with Crippen molar-refractivity contribution < 1.29 is 14.4 Å². The van der Waals surface area contributed by atoms with Gasteiger partial charge in [-0.05, 0) is 38.8 Å². The predicted molar refractivity (Wildman–Crippen MR) is 101 cm³/mol. The maximum Gasteiger partial charge on any atom is 0.321 e. The lowest BCUT2D eigenvalue weighted by molar-refractivity contribution is -0.122. The van der Waals surface area contributed by atoms with E-state index in [2.05, 4.69) is 16.0 Å². The van der Waals surface area contributed by atoms with Crippen molar-refractivity contribution in [2.45, 2.75) is 31.2 Å². The van der Waals surface area contributed by atoms with E-state index in [1.54, 1.807) is 23.7 Å². The van der Waals surface area contributed by atoms with Crippen LogP contribution in [-0.4, -0.2) is 55.2 Å². The van der Waals surface area contributed by atoms with Gasteiger partial charge in [-0.15, -0.1) is 11.8 Å². The lowest BCUT2D eigenvalue weighted by atomic mass is 10.3. The second-order valence-electron chi connectivity index (χ2n) is 5.75. The molecule has 1 aromatic carbocycles. The molecule has 7 nitrogen and oxygen atoms in total. The molecule has 1 atom stereocenters. The molecule has 0 aliphatic carbocycles. The van der Waals surface area contributed by atoms with Gasteiger partial charge in [-0.3, -0.25) is 19.8 Å². The highest BCUT2D eigenvalue weighted by atomic mass is 32.2. The molecule has 1 aromatic rings. The Morgan fingerprint density at radius 1 is 1.16 bits per heavy atom. The van der Waals surface area contributed by atoms with E-state index in [0.717, 1.165) is 17.0 Å². The van der Waals surface area contributed by atoms with Gasteiger partial charge in [0.2, 0.25) is 11.8 Å². The zero-order valence-electron chi connectivity index (χ0n) is 15.1. The number of nitrogens with zero attached hydrogens (tertiary/aromatic N) is 1. The van der Waals surface area contributed by atoms with E-state index in [1.807, 2.05) is 44.4 Å². The van der Waals surface area contributed by atoms with Crippen molar-refractivity contribution in [2.75, 3.05) is 31.7 Å². The number of hydrogen-bond donors (Lipinski definition) is 3. The van der Waals surface area contributed by atoms with E-state index >= 15 is 0 Å². The van der Waals surface area contributed by atoms with Gasteiger partial charge >= 0.3 is 6.03 Å². The maximum absolute atomic E-state index is 12.1. The second kappa shape index (κ2) is 10.7. The first-order valence-corrected chi connectivity index (χ1v) is 9.29. The van der Waals surface area contributed by atoms with Crippen LogP contribution < -0.4 is 16.0 Å². The Morgan fingerprint density at radius 2 is 1.80 bits per heavy atom. The summed E-state index contributed by atoms with van der Waals surface area (Å²) in [6.07, 6.45) is 2.71. The minimum Gasteiger partial charge on any atom is -0.335 e. The molecular formula is C17H26N4O3S. The van der Waals surface area contributed by atoms with Crippen LogP contribution in [0.5, 0.6) is 0 Å². The summed E-state index contributed by atoms with van der Waals surface area (Å²) >= 11 is 1.54. The monoisotopic (exact) mass is 366 g/mol. The van der Waals surface area contributed by atoms with E-state index in [1.165, 1.54) is 0 Å². The first-order valence-electron chi connectivity index (χ1n) is 8.07. The molecule has 8 heteroatoms. The Labute approximate surface area is 152 Å². The van der Waals surface area contributed by atoms with E-state index in [9.17, 15) is 14.4 Å². The highest BCUT2D eigenvalue weighted by Crippen LogP contribution is 2.24. The van der Waals surface area contributed by atoms with Gasteiger partial charge in [0.15, 0.2) is 0 Å². The van der Waals surface area contributed by atoms with Crippen LogP contribution in [0.3, 0.4) is 0 Å². The van der Waals surface area contributed by atoms with Crippen molar-refractivity contribution in [2.24, 2.45) is 0 Å². The summed E-state index contributed by atoms with van der Waals surface area (Å²) in [6, 6.07) is 6.98. The van der Waals surface area contributed by atoms with Crippen LogP contribution in [0.1, 0.15) is 20.3 Å². The van der Waals surface area contributed by atoms with Gasteiger partial charge in [0.05, 0.1) is 18.8 Å². The molecule has 0 fully saturated rings. The fraction of sp³-hybridized carbons (Fsp3) is 0.471. The Balaban J connectivity index is 2.42. The quantitative estimate of drug-likeness (QED) is 0.612. The average Bonchev–Trinajstić information content (AvgIpc) is 2.54. The van der Waals surface area contributed by atoms with E-state index in [4.69, 9.17) is 0 Å². The molecule has 138 valence electrons. The van der Waals surface area contributed by atoms with Gasteiger partial charge in [0.25, 0.3) is 0 Å². The van der Waals surface area contributed by atoms with Gasteiger partial charge in [0, 0.05) is 10.9 Å². The summed E-state index contributed by atoms with van der Waals surface area (Å²) in [4.78, 5) is 38.0. The normalized spacial score (nSPS) is 11.7. The molecule has 0 radical (unpaired) electrons. The van der Waals surface area contributed by atoms with Crippen LogP contribution in [0.2, 0.25) is 0 Å². The third-order valence-electron chi connectivity index (χ3n) is 3.45. The first-order chi connectivity index (χ1) is 11.8. The molecule has 3 N–H and O–H groups in total. The molecule has 0 unspecified atom stereocenters. The largest absolute Gasteiger partial charge is 0.335 e. The number of anilines is 1. The number of urea groups is 1. The van der Waals surface area contributed by atoms with Crippen molar-refractivity contribution in [1.29, 1.82) is 0 Å². The minimum absolute atomic E-state index is 0.00666. The van der Waals surface area contributed by atoms with Gasteiger partial charge < -0.3 is 10.6 Å². The lowest BCUT2D eigenvalue weighted by Gasteiger charge is -2.17. The lowest BCUT2D eigenvalue weighted by Crippen LogP contribution is -2.47. The number of benzene rings is 1. The Hall–Kier alpha value is -2.06. The number of rotatable bonds is 8. The number of para-hydroxylation sites is 1. The van der Waals surface area contributed by atoms with Crippen LogP contribution in [0.25, 0.3) is 0 Å². The minimum atomic E-state index is -0.522. The van der Waals surface area contributed by atoms with Crippen LogP contribution >= 0.6 is 11.8 Å². The van der Waals surface area contributed by atoms with Gasteiger partial charge in [-0.1, -0.05) is 19.1 Å². The van der Waals surface area contributed by atoms with Gasteiger partial charge in [-0.2, -0.15) is 0 Å². The Morgan fingerprint density at radius 3 is 2.44 bits per heavy atom. The molecule has 0 bridgehead atoms. The number of imide groups is 1. The van der Waals surface area contributed by atoms with Crippen molar-refractivity contribution in [3.63, 3.8) is 0 Å². The number of nitrogens with one attached hydrogen (secondary N) is 3. The Kier molecular flexibility index (Phi) is 9.01. The Bertz CT molecular complexity index is 609. The van der Waals surface area contributed by atoms with Crippen molar-refractivity contribution in [3.05, 3.63) is 24.3 Å². The number of amides is 4. The number of hydrogen-bond acceptors (Lipinski definition) is 5. The number of thioether (sulfide) groups is 1. The molecule has 0 aliphatic rings. The first kappa shape index (κ1) is 21.0. The number of carbonyl (C=O) groups is 3. The summed E-state index contributed by atoms with van der Waals surface area (Å²) < 4.78 is 0. The van der Waals surface area contributed by atoms with Gasteiger partial charge in [0.1, 0.15) is 0 Å². The molecular weight excluding hydrogens is 340 g/mol. The highest BCUT2D eigenvalue weighted by molar-refractivity contribution is 7.98. The fourth-order valence-corrected chi connectivity index (χ4v) is 2.57. The SMILES string of the molecule is CC[C@H](C)NC(=O)NC(=O)CN(C)CC(=O)Nc1ccccc1SC. The molecule has 0 aromatic heterocycles. The standard InChI is InChI=1S/C17H26N4O3S/c1-5-12(2)18-17(24)20-16(23)11-21(3)10-15(22)19-13-8-6-7-9-14(13)25-4/h6-9,12H,5,10-11H2,1-4H3,(H,19,22)(H2,18,20,23,24)/t12-/m0/s1. The van der Waals surface area contributed by atoms with E-state index in [-0.39, 0.29) is 25.0 Å². The average molecular weight is 366 g/mol. The summed E-state index contributed by atoms with van der Waals surface area (Å²) in [7, 11) is 1.65. The van der Waals surface area contributed by atoms with Crippen molar-refractivity contribution in [3.8, 4) is 0 Å². The number of carbonyl (C=O) groups excluding carboxylic acids is 3. The third-order valence-corrected chi connectivity index (χ3v) is 4.25. The van der Waals surface area contributed by atoms with Gasteiger partial charge in [-0.25, -0.2) is 4.79 Å². The number of likely N-dealkylation sites (N-methyl/N-ethyl adjacent to an activating group) is 1. The molecule has 1 rings (SSSR count). The molecule has 25 heavy (non-hydrogen) atoms. The van der Waals surface area contributed by atoms with E-state index < -0.39 is 11.9 Å². The maximum atomic E-state index is 12.1. The van der Waals surface area contributed by atoms with Crippen LogP contribution in [-0.2, 0) is 9.59 Å². The second-order valence-corrected chi connectivity index (χ2v) is 6.60. The van der Waals surface area contributed by atoms with Crippen molar-refractivity contribution in [1.82, 2.24) is 15.5 Å². The molecule has 0 aliphatic heterocycles.